The molecule has 0 aliphatic carbocycles. The third-order valence-corrected chi connectivity index (χ3v) is 4.73. The molecule has 0 bridgehead atoms. The first kappa shape index (κ1) is 17.2. The van der Waals surface area contributed by atoms with Crippen LogP contribution >= 0.6 is 0 Å². The minimum atomic E-state index is -0.253. The summed E-state index contributed by atoms with van der Waals surface area (Å²) in [5.41, 5.74) is 5.06. The molecule has 1 aliphatic heterocycles. The highest BCUT2D eigenvalue weighted by Crippen LogP contribution is 2.27. The summed E-state index contributed by atoms with van der Waals surface area (Å²) in [6.07, 6.45) is 2.62. The van der Waals surface area contributed by atoms with E-state index in [4.69, 9.17) is 0 Å². The Morgan fingerprint density at radius 2 is 1.92 bits per heavy atom. The second-order valence-corrected chi connectivity index (χ2v) is 6.47. The number of nitrogens with one attached hydrogen (secondary N) is 1. The smallest absolute Gasteiger partial charge is 0.236 e. The second kappa shape index (κ2) is 7.51. The van der Waals surface area contributed by atoms with Crippen molar-refractivity contribution in [3.63, 3.8) is 0 Å². The average Bonchev–Trinajstić information content (AvgIpc) is 2.62. The second-order valence-electron chi connectivity index (χ2n) is 6.47. The van der Waals surface area contributed by atoms with Gasteiger partial charge in [0.2, 0.25) is 11.8 Å². The molecule has 0 spiro atoms. The summed E-state index contributed by atoms with van der Waals surface area (Å²) in [5.74, 6) is -0.395. The normalized spacial score (nSPS) is 13.3. The first-order valence-corrected chi connectivity index (χ1v) is 8.86. The Kier molecular flexibility index (Phi) is 5.17. The zero-order chi connectivity index (χ0) is 17.8. The van der Waals surface area contributed by atoms with E-state index < -0.39 is 0 Å². The molecule has 0 atom stereocenters. The Labute approximate surface area is 148 Å². The van der Waals surface area contributed by atoms with Crippen molar-refractivity contribution in [1.29, 1.82) is 0 Å². The van der Waals surface area contributed by atoms with Gasteiger partial charge in [-0.05, 0) is 48.9 Å². The van der Waals surface area contributed by atoms with Crippen LogP contribution in [0.25, 0.3) is 0 Å². The Morgan fingerprint density at radius 3 is 2.72 bits per heavy atom. The summed E-state index contributed by atoms with van der Waals surface area (Å²) in [6.45, 7) is 4.70. The lowest BCUT2D eigenvalue weighted by atomic mass is 10.0. The number of rotatable bonds is 4. The van der Waals surface area contributed by atoms with Crippen LogP contribution in [0.4, 0.5) is 11.4 Å². The molecule has 4 nitrogen and oxygen atoms in total. The van der Waals surface area contributed by atoms with Gasteiger partial charge < -0.3 is 10.2 Å². The van der Waals surface area contributed by atoms with Crippen molar-refractivity contribution < 1.29 is 9.59 Å². The van der Waals surface area contributed by atoms with E-state index in [1.54, 1.807) is 4.90 Å². The van der Waals surface area contributed by atoms with Gasteiger partial charge in [-0.2, -0.15) is 0 Å². The topological polar surface area (TPSA) is 49.4 Å². The Bertz CT molecular complexity index is 798. The van der Waals surface area contributed by atoms with Crippen LogP contribution < -0.4 is 10.2 Å². The Morgan fingerprint density at radius 1 is 1.12 bits per heavy atom. The highest BCUT2D eigenvalue weighted by atomic mass is 16.2. The molecule has 25 heavy (non-hydrogen) atoms. The molecule has 3 rings (SSSR count). The average molecular weight is 336 g/mol. The monoisotopic (exact) mass is 336 g/mol. The van der Waals surface area contributed by atoms with Crippen molar-refractivity contribution >= 4 is 23.2 Å². The van der Waals surface area contributed by atoms with Gasteiger partial charge in [-0.15, -0.1) is 0 Å². The van der Waals surface area contributed by atoms with Gasteiger partial charge in [-0.25, -0.2) is 0 Å². The molecule has 2 aromatic rings. The maximum atomic E-state index is 12.7. The summed E-state index contributed by atoms with van der Waals surface area (Å²) in [4.78, 5) is 26.9. The van der Waals surface area contributed by atoms with E-state index in [0.717, 1.165) is 41.8 Å². The largest absolute Gasteiger partial charge is 0.325 e. The van der Waals surface area contributed by atoms with E-state index in [1.807, 2.05) is 43.3 Å². The predicted octanol–water partition coefficient (Wildman–Crippen LogP) is 3.87. The van der Waals surface area contributed by atoms with Gasteiger partial charge in [-0.1, -0.05) is 43.3 Å². The summed E-state index contributed by atoms with van der Waals surface area (Å²) >= 11 is 0. The van der Waals surface area contributed by atoms with Crippen LogP contribution in [0, 0.1) is 6.92 Å². The first-order chi connectivity index (χ1) is 12.1. The maximum absolute atomic E-state index is 12.7. The van der Waals surface area contributed by atoms with E-state index in [9.17, 15) is 9.59 Å². The third kappa shape index (κ3) is 3.73. The zero-order valence-electron chi connectivity index (χ0n) is 14.8. The van der Waals surface area contributed by atoms with Gasteiger partial charge in [0.25, 0.3) is 0 Å². The summed E-state index contributed by atoms with van der Waals surface area (Å²) in [7, 11) is 0. The molecule has 0 saturated heterocycles. The molecule has 1 N–H and O–H groups in total. The van der Waals surface area contributed by atoms with Crippen LogP contribution in [-0.2, 0) is 22.4 Å². The van der Waals surface area contributed by atoms with Gasteiger partial charge in [0.05, 0.1) is 0 Å². The van der Waals surface area contributed by atoms with Crippen LogP contribution in [0.5, 0.6) is 0 Å². The van der Waals surface area contributed by atoms with Crippen LogP contribution in [0.1, 0.15) is 36.5 Å². The molecule has 1 aliphatic rings. The molecular formula is C21H24N2O2. The van der Waals surface area contributed by atoms with Crippen molar-refractivity contribution in [3.05, 3.63) is 59.2 Å². The molecule has 0 saturated carbocycles. The quantitative estimate of drug-likeness (QED) is 0.862. The molecule has 0 unspecified atom stereocenters. The fourth-order valence-corrected chi connectivity index (χ4v) is 3.41. The van der Waals surface area contributed by atoms with E-state index in [0.29, 0.717) is 6.54 Å². The lowest BCUT2D eigenvalue weighted by Crippen LogP contribution is -2.37. The summed E-state index contributed by atoms with van der Waals surface area (Å²) in [5, 5.41) is 2.94. The number of carbonyl (C=O) groups is 2. The van der Waals surface area contributed by atoms with E-state index >= 15 is 0 Å². The molecular weight excluding hydrogens is 312 g/mol. The van der Waals surface area contributed by atoms with Crippen LogP contribution in [0.3, 0.4) is 0 Å². The van der Waals surface area contributed by atoms with Gasteiger partial charge in [0, 0.05) is 17.9 Å². The van der Waals surface area contributed by atoms with Gasteiger partial charge >= 0.3 is 0 Å². The molecule has 4 heteroatoms. The lowest BCUT2D eigenvalue weighted by Gasteiger charge is -2.29. The number of aryl methyl sites for hydroxylation is 3. The van der Waals surface area contributed by atoms with Crippen LogP contribution in [0.15, 0.2) is 42.5 Å². The number of para-hydroxylation sites is 2. The van der Waals surface area contributed by atoms with E-state index in [2.05, 4.69) is 18.3 Å². The number of amides is 2. The van der Waals surface area contributed by atoms with Crippen molar-refractivity contribution in [2.24, 2.45) is 0 Å². The molecule has 130 valence electrons. The Hall–Kier alpha value is -2.62. The zero-order valence-corrected chi connectivity index (χ0v) is 14.8. The molecule has 2 aromatic carbocycles. The minimum absolute atomic E-state index is 0.133. The number of hydrogen-bond acceptors (Lipinski definition) is 2. The van der Waals surface area contributed by atoms with E-state index in [1.165, 1.54) is 5.56 Å². The maximum Gasteiger partial charge on any atom is 0.236 e. The molecule has 0 aromatic heterocycles. The number of fused-ring (bicyclic) bond motifs is 1. The standard InChI is InChI=1S/C21H24N2O2/c1-3-16-10-6-8-15(2)21(16)22-19(24)14-20(25)23-13-7-11-17-9-4-5-12-18(17)23/h4-6,8-10,12H,3,7,11,13-14H2,1-2H3,(H,22,24). The van der Waals surface area contributed by atoms with Gasteiger partial charge in [-0.3, -0.25) is 9.59 Å². The number of carbonyl (C=O) groups excluding carboxylic acids is 2. The predicted molar refractivity (Wildman–Crippen MR) is 101 cm³/mol. The molecule has 0 fully saturated rings. The van der Waals surface area contributed by atoms with Gasteiger partial charge in [0.15, 0.2) is 0 Å². The summed E-state index contributed by atoms with van der Waals surface area (Å²) < 4.78 is 0. The van der Waals surface area contributed by atoms with Crippen molar-refractivity contribution in [3.8, 4) is 0 Å². The number of benzene rings is 2. The van der Waals surface area contributed by atoms with Crippen LogP contribution in [-0.4, -0.2) is 18.4 Å². The SMILES string of the molecule is CCc1cccc(C)c1NC(=O)CC(=O)N1CCCc2ccccc21. The third-order valence-electron chi connectivity index (χ3n) is 4.73. The molecule has 1 heterocycles. The molecule has 2 amide bonds. The van der Waals surface area contributed by atoms with Crippen LogP contribution in [0.2, 0.25) is 0 Å². The fraction of sp³-hybridized carbons (Fsp3) is 0.333. The number of hydrogen-bond donors (Lipinski definition) is 1. The number of anilines is 2. The van der Waals surface area contributed by atoms with Crippen molar-refractivity contribution in [1.82, 2.24) is 0 Å². The Balaban J connectivity index is 1.71. The minimum Gasteiger partial charge on any atom is -0.325 e. The fourth-order valence-electron chi connectivity index (χ4n) is 3.41. The highest BCUT2D eigenvalue weighted by molar-refractivity contribution is 6.09. The number of nitrogens with zero attached hydrogens (tertiary/aromatic N) is 1. The van der Waals surface area contributed by atoms with Gasteiger partial charge in [0.1, 0.15) is 6.42 Å². The van der Waals surface area contributed by atoms with E-state index in [-0.39, 0.29) is 18.2 Å². The lowest BCUT2D eigenvalue weighted by molar-refractivity contribution is -0.125. The van der Waals surface area contributed by atoms with Crippen molar-refractivity contribution in [2.75, 3.05) is 16.8 Å². The highest BCUT2D eigenvalue weighted by Gasteiger charge is 2.24. The molecule has 0 radical (unpaired) electrons. The first-order valence-electron chi connectivity index (χ1n) is 8.86. The summed E-state index contributed by atoms with van der Waals surface area (Å²) in [6, 6.07) is 13.9. The van der Waals surface area contributed by atoms with Crippen molar-refractivity contribution in [2.45, 2.75) is 39.5 Å².